The number of nitrogens with one attached hydrogen (secondary N) is 2. The third-order valence-electron chi connectivity index (χ3n) is 4.29. The number of nitriles is 1. The molecule has 1 aliphatic carbocycles. The lowest BCUT2D eigenvalue weighted by Gasteiger charge is -2.08. The van der Waals surface area contributed by atoms with Gasteiger partial charge in [0.2, 0.25) is 5.91 Å². The van der Waals surface area contributed by atoms with Gasteiger partial charge in [-0.25, -0.2) is 0 Å². The van der Waals surface area contributed by atoms with Gasteiger partial charge in [-0.3, -0.25) is 14.9 Å². The highest BCUT2D eigenvalue weighted by Gasteiger charge is 2.23. The number of hydrogen-bond acceptors (Lipinski definition) is 5. The Bertz CT molecular complexity index is 1030. The fourth-order valence-corrected chi connectivity index (χ4v) is 2.80. The van der Waals surface area contributed by atoms with Crippen molar-refractivity contribution in [3.05, 3.63) is 36.2 Å². The molecule has 4 rings (SSSR count). The van der Waals surface area contributed by atoms with Crippen molar-refractivity contribution in [2.24, 2.45) is 5.92 Å². The summed E-state index contributed by atoms with van der Waals surface area (Å²) in [7, 11) is 0. The standard InChI is InChI=1S/C19H17N5O2/c1-11(25)22-15-4-14(8-21-9-15)19-16-6-18(26-10-12-2-3-12)13(7-20)5-17(16)23-24-19/h4-6,8-9,12H,2-3,10H2,1H3,(H,22,25)(H,23,24). The van der Waals surface area contributed by atoms with Crippen LogP contribution in [0.5, 0.6) is 5.75 Å². The number of nitrogens with zero attached hydrogens (tertiary/aromatic N) is 3. The summed E-state index contributed by atoms with van der Waals surface area (Å²) in [6.07, 6.45) is 5.63. The highest BCUT2D eigenvalue weighted by molar-refractivity contribution is 5.96. The van der Waals surface area contributed by atoms with Crippen LogP contribution in [-0.2, 0) is 4.79 Å². The van der Waals surface area contributed by atoms with Gasteiger partial charge < -0.3 is 10.1 Å². The van der Waals surface area contributed by atoms with Gasteiger partial charge in [0.05, 0.1) is 29.6 Å². The Hall–Kier alpha value is -3.40. The SMILES string of the molecule is CC(=O)Nc1cncc(-c2n[nH]c3cc(C#N)c(OCC4CC4)cc23)c1. The third-order valence-corrected chi connectivity index (χ3v) is 4.29. The molecule has 130 valence electrons. The van der Waals surface area contributed by atoms with E-state index in [1.807, 2.05) is 12.1 Å². The first-order valence-electron chi connectivity index (χ1n) is 8.42. The third kappa shape index (κ3) is 3.22. The average molecular weight is 347 g/mol. The predicted molar refractivity (Wildman–Crippen MR) is 96.6 cm³/mol. The highest BCUT2D eigenvalue weighted by atomic mass is 16.5. The monoisotopic (exact) mass is 347 g/mol. The van der Waals surface area contributed by atoms with E-state index in [1.54, 1.807) is 18.5 Å². The summed E-state index contributed by atoms with van der Waals surface area (Å²) in [4.78, 5) is 15.4. The highest BCUT2D eigenvalue weighted by Crippen LogP contribution is 2.34. The van der Waals surface area contributed by atoms with Crippen molar-refractivity contribution in [2.75, 3.05) is 11.9 Å². The quantitative estimate of drug-likeness (QED) is 0.737. The Labute approximate surface area is 150 Å². The van der Waals surface area contributed by atoms with Crippen LogP contribution in [-0.4, -0.2) is 27.7 Å². The van der Waals surface area contributed by atoms with Crippen molar-refractivity contribution in [3.8, 4) is 23.1 Å². The number of ether oxygens (including phenoxy) is 1. The summed E-state index contributed by atoms with van der Waals surface area (Å²) < 4.78 is 5.86. The number of hydrogen-bond donors (Lipinski definition) is 2. The summed E-state index contributed by atoms with van der Waals surface area (Å²) in [6.45, 7) is 2.08. The van der Waals surface area contributed by atoms with Gasteiger partial charge in [-0.05, 0) is 37.0 Å². The van der Waals surface area contributed by atoms with E-state index in [-0.39, 0.29) is 5.91 Å². The molecule has 1 aliphatic rings. The second-order valence-electron chi connectivity index (χ2n) is 6.48. The number of anilines is 1. The maximum atomic E-state index is 11.3. The predicted octanol–water partition coefficient (Wildman–Crippen LogP) is 3.24. The number of fused-ring (bicyclic) bond motifs is 1. The van der Waals surface area contributed by atoms with Crippen LogP contribution in [0.15, 0.2) is 30.6 Å². The summed E-state index contributed by atoms with van der Waals surface area (Å²) in [5.74, 6) is 1.00. The molecule has 3 aromatic rings. The lowest BCUT2D eigenvalue weighted by atomic mass is 10.1. The van der Waals surface area contributed by atoms with Crippen molar-refractivity contribution < 1.29 is 9.53 Å². The van der Waals surface area contributed by atoms with Crippen molar-refractivity contribution >= 4 is 22.5 Å². The van der Waals surface area contributed by atoms with Gasteiger partial charge >= 0.3 is 0 Å². The fourth-order valence-electron chi connectivity index (χ4n) is 2.80. The number of H-pyrrole nitrogens is 1. The number of amides is 1. The zero-order valence-electron chi connectivity index (χ0n) is 14.2. The van der Waals surface area contributed by atoms with Gasteiger partial charge in [0.1, 0.15) is 17.5 Å². The molecule has 0 aliphatic heterocycles. The average Bonchev–Trinajstić information content (AvgIpc) is 3.37. The van der Waals surface area contributed by atoms with Gasteiger partial charge in [-0.2, -0.15) is 10.4 Å². The van der Waals surface area contributed by atoms with E-state index in [2.05, 4.69) is 26.6 Å². The zero-order valence-corrected chi connectivity index (χ0v) is 14.2. The minimum Gasteiger partial charge on any atom is -0.492 e. The summed E-state index contributed by atoms with van der Waals surface area (Å²) >= 11 is 0. The second-order valence-corrected chi connectivity index (χ2v) is 6.48. The van der Waals surface area contributed by atoms with Crippen LogP contribution >= 0.6 is 0 Å². The van der Waals surface area contributed by atoms with Gasteiger partial charge in [-0.15, -0.1) is 0 Å². The first-order chi connectivity index (χ1) is 12.6. The molecule has 0 spiro atoms. The van der Waals surface area contributed by atoms with Crippen molar-refractivity contribution in [3.63, 3.8) is 0 Å². The Morgan fingerprint density at radius 3 is 2.96 bits per heavy atom. The van der Waals surface area contributed by atoms with E-state index >= 15 is 0 Å². The molecule has 0 saturated heterocycles. The van der Waals surface area contributed by atoms with Gasteiger partial charge in [0.15, 0.2) is 0 Å². The molecule has 0 atom stereocenters. The molecule has 1 saturated carbocycles. The largest absolute Gasteiger partial charge is 0.492 e. The van der Waals surface area contributed by atoms with Crippen LogP contribution in [0, 0.1) is 17.2 Å². The van der Waals surface area contributed by atoms with E-state index < -0.39 is 0 Å². The van der Waals surface area contributed by atoms with Crippen LogP contribution in [0.1, 0.15) is 25.3 Å². The number of pyridine rings is 1. The molecule has 1 fully saturated rings. The van der Waals surface area contributed by atoms with E-state index in [0.717, 1.165) is 16.5 Å². The number of carbonyl (C=O) groups is 1. The molecule has 0 bridgehead atoms. The van der Waals surface area contributed by atoms with Crippen LogP contribution < -0.4 is 10.1 Å². The van der Waals surface area contributed by atoms with Crippen LogP contribution in [0.25, 0.3) is 22.2 Å². The Balaban J connectivity index is 1.74. The molecular weight excluding hydrogens is 330 g/mol. The van der Waals surface area contributed by atoms with Crippen molar-refractivity contribution in [2.45, 2.75) is 19.8 Å². The van der Waals surface area contributed by atoms with Gasteiger partial charge in [0, 0.05) is 24.1 Å². The number of aromatic nitrogens is 3. The van der Waals surface area contributed by atoms with Gasteiger partial charge in [0.25, 0.3) is 0 Å². The molecule has 1 aromatic carbocycles. The fraction of sp³-hybridized carbons (Fsp3) is 0.263. The molecule has 2 aromatic heterocycles. The molecule has 26 heavy (non-hydrogen) atoms. The molecule has 7 nitrogen and oxygen atoms in total. The maximum absolute atomic E-state index is 11.3. The topological polar surface area (TPSA) is 104 Å². The number of carbonyl (C=O) groups excluding carboxylic acids is 1. The second kappa shape index (κ2) is 6.48. The Morgan fingerprint density at radius 2 is 2.23 bits per heavy atom. The summed E-state index contributed by atoms with van der Waals surface area (Å²) in [6, 6.07) is 7.59. The Kier molecular flexibility index (Phi) is 4.01. The molecular formula is C19H17N5O2. The summed E-state index contributed by atoms with van der Waals surface area (Å²) in [5, 5.41) is 20.3. The zero-order chi connectivity index (χ0) is 18.1. The lowest BCUT2D eigenvalue weighted by Crippen LogP contribution is -2.05. The maximum Gasteiger partial charge on any atom is 0.221 e. The van der Waals surface area contributed by atoms with E-state index in [4.69, 9.17) is 4.74 Å². The van der Waals surface area contributed by atoms with Gasteiger partial charge in [-0.1, -0.05) is 0 Å². The first-order valence-corrected chi connectivity index (χ1v) is 8.42. The van der Waals surface area contributed by atoms with Crippen LogP contribution in [0.3, 0.4) is 0 Å². The molecule has 7 heteroatoms. The van der Waals surface area contributed by atoms with Crippen LogP contribution in [0.4, 0.5) is 5.69 Å². The summed E-state index contributed by atoms with van der Waals surface area (Å²) in [5.41, 5.74) is 3.30. The number of aromatic amines is 1. The minimum absolute atomic E-state index is 0.162. The van der Waals surface area contributed by atoms with Crippen LogP contribution in [0.2, 0.25) is 0 Å². The number of benzene rings is 1. The van der Waals surface area contributed by atoms with Crippen molar-refractivity contribution in [1.29, 1.82) is 5.26 Å². The molecule has 2 N–H and O–H groups in total. The van der Waals surface area contributed by atoms with E-state index in [0.29, 0.717) is 35.2 Å². The first kappa shape index (κ1) is 16.1. The Morgan fingerprint density at radius 1 is 1.38 bits per heavy atom. The van der Waals surface area contributed by atoms with E-state index in [9.17, 15) is 10.1 Å². The lowest BCUT2D eigenvalue weighted by molar-refractivity contribution is -0.114. The van der Waals surface area contributed by atoms with Crippen molar-refractivity contribution in [1.82, 2.24) is 15.2 Å². The molecule has 0 radical (unpaired) electrons. The molecule has 2 heterocycles. The smallest absolute Gasteiger partial charge is 0.221 e. The minimum atomic E-state index is -0.162. The molecule has 1 amide bonds. The normalized spacial score (nSPS) is 13.4. The molecule has 0 unspecified atom stereocenters. The van der Waals surface area contributed by atoms with E-state index in [1.165, 1.54) is 19.8 Å². The number of rotatable bonds is 5.